The van der Waals surface area contributed by atoms with E-state index >= 15 is 0 Å². The van der Waals surface area contributed by atoms with Crippen LogP contribution in [0.1, 0.15) is 18.5 Å². The number of amides is 2. The van der Waals surface area contributed by atoms with Crippen LogP contribution in [0, 0.1) is 0 Å². The molecule has 1 saturated heterocycles. The van der Waals surface area contributed by atoms with Gasteiger partial charge in [-0.05, 0) is 36.8 Å². The Morgan fingerprint density at radius 2 is 1.97 bits per heavy atom. The van der Waals surface area contributed by atoms with Crippen LogP contribution in [0.4, 0.5) is 10.6 Å². The zero-order valence-electron chi connectivity index (χ0n) is 18.9. The molecule has 1 unspecified atom stereocenters. The van der Waals surface area contributed by atoms with Crippen LogP contribution in [0.5, 0.6) is 5.75 Å². The van der Waals surface area contributed by atoms with Crippen LogP contribution >= 0.6 is 0 Å². The molecule has 1 fully saturated rings. The van der Waals surface area contributed by atoms with Gasteiger partial charge in [0.2, 0.25) is 0 Å². The Morgan fingerprint density at radius 1 is 1.15 bits per heavy atom. The summed E-state index contributed by atoms with van der Waals surface area (Å²) in [7, 11) is 1.58. The van der Waals surface area contributed by atoms with Gasteiger partial charge in [-0.1, -0.05) is 18.2 Å². The van der Waals surface area contributed by atoms with Gasteiger partial charge in [0.05, 0.1) is 25.3 Å². The summed E-state index contributed by atoms with van der Waals surface area (Å²) in [5.74, 6) is 1.16. The number of anilines is 1. The molecule has 0 spiro atoms. The number of ether oxygens (including phenoxy) is 2. The zero-order valence-corrected chi connectivity index (χ0v) is 18.9. The highest BCUT2D eigenvalue weighted by Crippen LogP contribution is 2.30. The van der Waals surface area contributed by atoms with E-state index in [0.717, 1.165) is 37.6 Å². The van der Waals surface area contributed by atoms with Crippen molar-refractivity contribution in [1.82, 2.24) is 20.5 Å². The Balaban J connectivity index is 1.57. The van der Waals surface area contributed by atoms with Gasteiger partial charge in [-0.3, -0.25) is 4.90 Å². The molecule has 2 N–H and O–H groups in total. The van der Waals surface area contributed by atoms with Crippen LogP contribution in [0.2, 0.25) is 0 Å². The van der Waals surface area contributed by atoms with Crippen molar-refractivity contribution in [1.29, 1.82) is 0 Å². The fourth-order valence-corrected chi connectivity index (χ4v) is 4.16. The van der Waals surface area contributed by atoms with Crippen molar-refractivity contribution < 1.29 is 19.1 Å². The number of methoxy groups -OCH3 is 1. The highest BCUT2D eigenvalue weighted by molar-refractivity contribution is 5.95. The third-order valence-electron chi connectivity index (χ3n) is 5.80. The Kier molecular flexibility index (Phi) is 7.09. The predicted molar refractivity (Wildman–Crippen MR) is 124 cm³/mol. The Morgan fingerprint density at radius 3 is 2.67 bits per heavy atom. The summed E-state index contributed by atoms with van der Waals surface area (Å²) in [6.45, 7) is 5.64. The van der Waals surface area contributed by atoms with Crippen LogP contribution in [0.15, 0.2) is 59.9 Å². The van der Waals surface area contributed by atoms with Gasteiger partial charge >= 0.3 is 12.0 Å². The number of hydrogen-bond acceptors (Lipinski definition) is 7. The van der Waals surface area contributed by atoms with E-state index in [1.165, 1.54) is 0 Å². The molecule has 33 heavy (non-hydrogen) atoms. The molecule has 2 aliphatic rings. The lowest BCUT2D eigenvalue weighted by Crippen LogP contribution is -2.52. The fourth-order valence-electron chi connectivity index (χ4n) is 4.16. The molecular formula is C24H29N5O4. The first-order valence-electron chi connectivity index (χ1n) is 11.1. The lowest BCUT2D eigenvalue weighted by atomic mass is 9.94. The maximum atomic E-state index is 13.0. The molecule has 1 atom stereocenters. The summed E-state index contributed by atoms with van der Waals surface area (Å²) in [5, 5.41) is 5.72. The molecule has 9 heteroatoms. The van der Waals surface area contributed by atoms with Crippen LogP contribution in [-0.2, 0) is 9.53 Å². The van der Waals surface area contributed by atoms with Crippen LogP contribution in [0.3, 0.4) is 0 Å². The lowest BCUT2D eigenvalue weighted by Gasteiger charge is -2.37. The Hall–Kier alpha value is -3.59. The SMILES string of the molecule is CCOC(=O)C1=C(CN2CCN(c3ccccn3)CC2)NC(=O)NC1c1cccc(OC)c1. The fraction of sp³-hybridized carbons (Fsp3) is 0.375. The van der Waals surface area contributed by atoms with E-state index in [1.54, 1.807) is 20.2 Å². The molecule has 0 radical (unpaired) electrons. The van der Waals surface area contributed by atoms with Crippen molar-refractivity contribution in [2.45, 2.75) is 13.0 Å². The number of rotatable bonds is 7. The van der Waals surface area contributed by atoms with Gasteiger partial charge in [0.25, 0.3) is 0 Å². The number of nitrogens with one attached hydrogen (secondary N) is 2. The third kappa shape index (κ3) is 5.25. The highest BCUT2D eigenvalue weighted by atomic mass is 16.5. The number of aromatic nitrogens is 1. The number of carbonyl (C=O) groups excluding carboxylic acids is 2. The number of benzene rings is 1. The molecule has 2 amide bonds. The number of carbonyl (C=O) groups is 2. The minimum atomic E-state index is -0.627. The van der Waals surface area contributed by atoms with E-state index in [0.29, 0.717) is 23.6 Å². The molecule has 1 aromatic carbocycles. The van der Waals surface area contributed by atoms with Crippen molar-refractivity contribution in [3.63, 3.8) is 0 Å². The van der Waals surface area contributed by atoms with Crippen molar-refractivity contribution in [3.8, 4) is 5.75 Å². The minimum Gasteiger partial charge on any atom is -0.497 e. The molecule has 0 saturated carbocycles. The molecule has 9 nitrogen and oxygen atoms in total. The molecule has 0 bridgehead atoms. The predicted octanol–water partition coefficient (Wildman–Crippen LogP) is 2.08. The molecule has 2 aromatic rings. The molecule has 3 heterocycles. The Bertz CT molecular complexity index is 1020. The normalized spacial score (nSPS) is 19.0. The van der Waals surface area contributed by atoms with E-state index in [2.05, 4.69) is 25.4 Å². The summed E-state index contributed by atoms with van der Waals surface area (Å²) in [5.41, 5.74) is 1.73. The second-order valence-electron chi connectivity index (χ2n) is 7.87. The Labute approximate surface area is 193 Å². The average Bonchev–Trinajstić information content (AvgIpc) is 2.85. The van der Waals surface area contributed by atoms with Crippen molar-refractivity contribution in [2.24, 2.45) is 0 Å². The number of esters is 1. The molecule has 2 aliphatic heterocycles. The number of nitrogens with zero attached hydrogens (tertiary/aromatic N) is 3. The number of hydrogen-bond donors (Lipinski definition) is 2. The van der Waals surface area contributed by atoms with Gasteiger partial charge in [0.15, 0.2) is 0 Å². The maximum absolute atomic E-state index is 13.0. The van der Waals surface area contributed by atoms with Gasteiger partial charge in [-0.15, -0.1) is 0 Å². The van der Waals surface area contributed by atoms with Crippen LogP contribution < -0.4 is 20.3 Å². The molecular weight excluding hydrogens is 422 g/mol. The quantitative estimate of drug-likeness (QED) is 0.623. The average molecular weight is 452 g/mol. The van der Waals surface area contributed by atoms with Crippen LogP contribution in [0.25, 0.3) is 0 Å². The number of urea groups is 1. The van der Waals surface area contributed by atoms with E-state index in [4.69, 9.17) is 9.47 Å². The lowest BCUT2D eigenvalue weighted by molar-refractivity contribution is -0.139. The summed E-state index contributed by atoms with van der Waals surface area (Å²) in [6.07, 6.45) is 1.79. The standard InChI is InChI=1S/C24H29N5O4/c1-3-33-23(30)21-19(16-28-11-13-29(14-12-28)20-9-4-5-10-25-20)26-24(31)27-22(21)17-7-6-8-18(15-17)32-2/h4-10,15,22H,3,11-14,16H2,1-2H3,(H2,26,27,31). The van der Waals surface area contributed by atoms with E-state index in [9.17, 15) is 9.59 Å². The summed E-state index contributed by atoms with van der Waals surface area (Å²) < 4.78 is 10.7. The van der Waals surface area contributed by atoms with Crippen molar-refractivity contribution in [3.05, 3.63) is 65.5 Å². The molecule has 174 valence electrons. The largest absolute Gasteiger partial charge is 0.497 e. The summed E-state index contributed by atoms with van der Waals surface area (Å²) in [6, 6.07) is 12.2. The van der Waals surface area contributed by atoms with Gasteiger partial charge in [-0.25, -0.2) is 14.6 Å². The second kappa shape index (κ2) is 10.4. The zero-order chi connectivity index (χ0) is 23.2. The second-order valence-corrected chi connectivity index (χ2v) is 7.87. The van der Waals surface area contributed by atoms with Crippen molar-refractivity contribution >= 4 is 17.8 Å². The minimum absolute atomic E-state index is 0.247. The first-order valence-corrected chi connectivity index (χ1v) is 11.1. The summed E-state index contributed by atoms with van der Waals surface area (Å²) >= 11 is 0. The van der Waals surface area contributed by atoms with Crippen molar-refractivity contribution in [2.75, 3.05) is 51.3 Å². The van der Waals surface area contributed by atoms with Gasteiger partial charge in [0.1, 0.15) is 11.6 Å². The van der Waals surface area contributed by atoms with Gasteiger partial charge in [0, 0.05) is 44.6 Å². The topological polar surface area (TPSA) is 96.0 Å². The molecule has 4 rings (SSSR count). The van der Waals surface area contributed by atoms with E-state index in [1.807, 2.05) is 42.5 Å². The van der Waals surface area contributed by atoms with Gasteiger partial charge < -0.3 is 25.0 Å². The van der Waals surface area contributed by atoms with E-state index < -0.39 is 12.0 Å². The van der Waals surface area contributed by atoms with Crippen LogP contribution in [-0.4, -0.2) is 68.3 Å². The first-order chi connectivity index (χ1) is 16.1. The highest BCUT2D eigenvalue weighted by Gasteiger charge is 2.35. The summed E-state index contributed by atoms with van der Waals surface area (Å²) in [4.78, 5) is 34.4. The van der Waals surface area contributed by atoms with Gasteiger partial charge in [-0.2, -0.15) is 0 Å². The first kappa shape index (κ1) is 22.6. The number of piperazine rings is 1. The molecule has 0 aliphatic carbocycles. The monoisotopic (exact) mass is 451 g/mol. The van der Waals surface area contributed by atoms with E-state index in [-0.39, 0.29) is 12.6 Å². The smallest absolute Gasteiger partial charge is 0.338 e. The third-order valence-corrected chi connectivity index (χ3v) is 5.80. The maximum Gasteiger partial charge on any atom is 0.338 e. The number of pyridine rings is 1. The molecule has 1 aromatic heterocycles.